The number of hydrogen-bond donors (Lipinski definition) is 1. The molecule has 7 heteroatoms. The fourth-order valence-corrected chi connectivity index (χ4v) is 1.96. The summed E-state index contributed by atoms with van der Waals surface area (Å²) in [6.07, 6.45) is -4.25. The third-order valence-electron chi connectivity index (χ3n) is 3.23. The van der Waals surface area contributed by atoms with Crippen molar-refractivity contribution < 1.29 is 22.8 Å². The molecule has 1 aromatic carbocycles. The number of nitrogens with zero attached hydrogens (tertiary/aromatic N) is 1. The summed E-state index contributed by atoms with van der Waals surface area (Å²) in [5.74, 6) is -3.30. The molecule has 0 saturated carbocycles. The van der Waals surface area contributed by atoms with E-state index in [0.29, 0.717) is 5.56 Å². The number of Topliss-reactive ketones (excluding diaryl/α,β-unsaturated/α-hetero) is 1. The van der Waals surface area contributed by atoms with Gasteiger partial charge in [-0.25, -0.2) is 0 Å². The van der Waals surface area contributed by atoms with Crippen molar-refractivity contribution in [2.75, 3.05) is 7.05 Å². The molecule has 1 N–H and O–H groups in total. The number of nitriles is 1. The summed E-state index contributed by atoms with van der Waals surface area (Å²) in [5, 5.41) is 11.1. The smallest absolute Gasteiger partial charge is 0.358 e. The minimum Gasteiger partial charge on any atom is -0.358 e. The highest BCUT2D eigenvalue weighted by Crippen LogP contribution is 2.29. The number of halogens is 3. The van der Waals surface area contributed by atoms with Crippen LogP contribution in [0.1, 0.15) is 18.1 Å². The standard InChI is InChI=1S/C15H15F3N2O2/c1-9(13(21)12(8-19)14(22)20-2)7-10-3-5-11(6-4-10)15(16,17)18/h3-6,9,12H,7H2,1-2H3,(H,20,22)/t9-,12-/m0/s1. The minimum absolute atomic E-state index is 0.159. The second-order valence-corrected chi connectivity index (χ2v) is 4.88. The quantitative estimate of drug-likeness (QED) is 0.848. The fourth-order valence-electron chi connectivity index (χ4n) is 1.96. The van der Waals surface area contributed by atoms with Crippen molar-refractivity contribution in [3.63, 3.8) is 0 Å². The van der Waals surface area contributed by atoms with Gasteiger partial charge in [-0.1, -0.05) is 19.1 Å². The molecule has 0 aromatic heterocycles. The Morgan fingerprint density at radius 3 is 2.23 bits per heavy atom. The third kappa shape index (κ3) is 4.32. The molecular weight excluding hydrogens is 297 g/mol. The highest BCUT2D eigenvalue weighted by Gasteiger charge is 2.31. The number of rotatable bonds is 5. The Hall–Kier alpha value is -2.36. The van der Waals surface area contributed by atoms with Crippen molar-refractivity contribution in [3.05, 3.63) is 35.4 Å². The molecule has 0 bridgehead atoms. The van der Waals surface area contributed by atoms with E-state index in [1.807, 2.05) is 0 Å². The molecule has 0 saturated heterocycles. The second kappa shape index (κ2) is 7.07. The summed E-state index contributed by atoms with van der Waals surface area (Å²) >= 11 is 0. The fraction of sp³-hybridized carbons (Fsp3) is 0.400. The van der Waals surface area contributed by atoms with Gasteiger partial charge in [0.2, 0.25) is 5.91 Å². The Kier molecular flexibility index (Phi) is 5.69. The molecule has 1 amide bonds. The maximum Gasteiger partial charge on any atom is 0.416 e. The zero-order chi connectivity index (χ0) is 16.9. The van der Waals surface area contributed by atoms with Crippen molar-refractivity contribution >= 4 is 11.7 Å². The van der Waals surface area contributed by atoms with Gasteiger partial charge in [-0.3, -0.25) is 9.59 Å². The van der Waals surface area contributed by atoms with Crippen molar-refractivity contribution in [1.82, 2.24) is 5.32 Å². The zero-order valence-corrected chi connectivity index (χ0v) is 12.1. The number of carbonyl (C=O) groups excluding carboxylic acids is 2. The van der Waals surface area contributed by atoms with Crippen LogP contribution in [-0.2, 0) is 22.2 Å². The lowest BCUT2D eigenvalue weighted by molar-refractivity contribution is -0.138. The molecule has 1 aromatic rings. The van der Waals surface area contributed by atoms with Gasteiger partial charge < -0.3 is 5.32 Å². The lowest BCUT2D eigenvalue weighted by atomic mass is 9.89. The van der Waals surface area contributed by atoms with Crippen molar-refractivity contribution in [2.24, 2.45) is 11.8 Å². The molecule has 0 spiro atoms. The normalized spacial score (nSPS) is 13.8. The summed E-state index contributed by atoms with van der Waals surface area (Å²) in [6.45, 7) is 1.54. The molecule has 0 fully saturated rings. The first kappa shape index (κ1) is 17.7. The Bertz CT molecular complexity index is 588. The Morgan fingerprint density at radius 1 is 1.27 bits per heavy atom. The third-order valence-corrected chi connectivity index (χ3v) is 3.23. The van der Waals surface area contributed by atoms with Gasteiger partial charge in [0.15, 0.2) is 11.7 Å². The van der Waals surface area contributed by atoms with E-state index < -0.39 is 35.3 Å². The minimum atomic E-state index is -4.41. The molecular formula is C15H15F3N2O2. The lowest BCUT2D eigenvalue weighted by Crippen LogP contribution is -2.35. The first-order chi connectivity index (χ1) is 10.2. The Labute approximate surface area is 125 Å². The number of benzene rings is 1. The van der Waals surface area contributed by atoms with Gasteiger partial charge in [0.05, 0.1) is 11.6 Å². The molecule has 1 rings (SSSR count). The number of amides is 1. The number of hydrogen-bond acceptors (Lipinski definition) is 3. The van der Waals surface area contributed by atoms with Gasteiger partial charge in [-0.05, 0) is 24.1 Å². The number of nitrogens with one attached hydrogen (secondary N) is 1. The Morgan fingerprint density at radius 2 is 1.82 bits per heavy atom. The summed E-state index contributed by atoms with van der Waals surface area (Å²) in [7, 11) is 1.32. The van der Waals surface area contributed by atoms with Gasteiger partial charge in [0.1, 0.15) is 0 Å². The monoisotopic (exact) mass is 312 g/mol. The summed E-state index contributed by atoms with van der Waals surface area (Å²) in [4.78, 5) is 23.5. The molecule has 118 valence electrons. The maximum atomic E-state index is 12.5. The molecule has 22 heavy (non-hydrogen) atoms. The van der Waals surface area contributed by atoms with Gasteiger partial charge in [0, 0.05) is 13.0 Å². The molecule has 0 aliphatic carbocycles. The van der Waals surface area contributed by atoms with Crippen LogP contribution < -0.4 is 5.32 Å². The van der Waals surface area contributed by atoms with Crippen molar-refractivity contribution in [2.45, 2.75) is 19.5 Å². The van der Waals surface area contributed by atoms with Crippen LogP contribution in [0.5, 0.6) is 0 Å². The van der Waals surface area contributed by atoms with Crippen LogP contribution in [-0.4, -0.2) is 18.7 Å². The summed E-state index contributed by atoms with van der Waals surface area (Å²) < 4.78 is 37.4. The average Bonchev–Trinajstić information content (AvgIpc) is 2.47. The van der Waals surface area contributed by atoms with Crippen LogP contribution in [0.2, 0.25) is 0 Å². The van der Waals surface area contributed by atoms with Crippen molar-refractivity contribution in [1.29, 1.82) is 5.26 Å². The topological polar surface area (TPSA) is 70.0 Å². The van der Waals surface area contributed by atoms with Crippen LogP contribution in [0.25, 0.3) is 0 Å². The largest absolute Gasteiger partial charge is 0.416 e. The second-order valence-electron chi connectivity index (χ2n) is 4.88. The van der Waals surface area contributed by atoms with Gasteiger partial charge in [0.25, 0.3) is 0 Å². The van der Waals surface area contributed by atoms with Crippen molar-refractivity contribution in [3.8, 4) is 6.07 Å². The van der Waals surface area contributed by atoms with E-state index in [0.717, 1.165) is 12.1 Å². The van der Waals surface area contributed by atoms with Crippen LogP contribution >= 0.6 is 0 Å². The molecule has 0 heterocycles. The van der Waals surface area contributed by atoms with E-state index in [-0.39, 0.29) is 6.42 Å². The number of carbonyl (C=O) groups is 2. The van der Waals surface area contributed by atoms with E-state index in [1.165, 1.54) is 26.1 Å². The van der Waals surface area contributed by atoms with Crippen LogP contribution in [0.3, 0.4) is 0 Å². The van der Waals surface area contributed by atoms with E-state index in [4.69, 9.17) is 5.26 Å². The van der Waals surface area contributed by atoms with E-state index in [1.54, 1.807) is 6.07 Å². The first-order valence-corrected chi connectivity index (χ1v) is 6.51. The van der Waals surface area contributed by atoms with E-state index in [9.17, 15) is 22.8 Å². The van der Waals surface area contributed by atoms with Crippen LogP contribution in [0.15, 0.2) is 24.3 Å². The average molecular weight is 312 g/mol. The SMILES string of the molecule is CNC(=O)[C@@H](C#N)C(=O)[C@@H](C)Cc1ccc(C(F)(F)F)cc1. The summed E-state index contributed by atoms with van der Waals surface area (Å²) in [5.41, 5.74) is -0.238. The van der Waals surface area contributed by atoms with Crippen LogP contribution in [0, 0.1) is 23.2 Å². The molecule has 0 aliphatic heterocycles. The van der Waals surface area contributed by atoms with Gasteiger partial charge in [-0.15, -0.1) is 0 Å². The molecule has 4 nitrogen and oxygen atoms in total. The molecule has 0 radical (unpaired) electrons. The predicted octanol–water partition coefficient (Wildman–Crippen LogP) is 2.34. The predicted molar refractivity (Wildman–Crippen MR) is 72.5 cm³/mol. The number of alkyl halides is 3. The lowest BCUT2D eigenvalue weighted by Gasteiger charge is -2.14. The zero-order valence-electron chi connectivity index (χ0n) is 12.1. The highest BCUT2D eigenvalue weighted by molar-refractivity contribution is 6.04. The number of ketones is 1. The van der Waals surface area contributed by atoms with Crippen LogP contribution in [0.4, 0.5) is 13.2 Å². The summed E-state index contributed by atoms with van der Waals surface area (Å²) in [6, 6.07) is 6.08. The van der Waals surface area contributed by atoms with E-state index >= 15 is 0 Å². The maximum absolute atomic E-state index is 12.5. The first-order valence-electron chi connectivity index (χ1n) is 6.51. The van der Waals surface area contributed by atoms with Gasteiger partial charge >= 0.3 is 6.18 Å². The molecule has 0 unspecified atom stereocenters. The van der Waals surface area contributed by atoms with Gasteiger partial charge in [-0.2, -0.15) is 18.4 Å². The highest BCUT2D eigenvalue weighted by atomic mass is 19.4. The Balaban J connectivity index is 2.80. The van der Waals surface area contributed by atoms with E-state index in [2.05, 4.69) is 5.32 Å². The molecule has 0 aliphatic rings. The molecule has 2 atom stereocenters.